The minimum Gasteiger partial charge on any atom is -0.481 e. The number of methoxy groups -OCH3 is 1. The molecule has 46 heavy (non-hydrogen) atoms. The number of pyridine rings is 1. The maximum atomic E-state index is 15.0. The predicted octanol–water partition coefficient (Wildman–Crippen LogP) is 5.39. The largest absolute Gasteiger partial charge is 0.481 e. The normalized spacial score (nSPS) is 23.7. The molecule has 1 aliphatic heterocycles. The number of ether oxygens (including phenoxy) is 2. The molecule has 15 heteroatoms. The second kappa shape index (κ2) is 13.6. The van der Waals surface area contributed by atoms with Gasteiger partial charge in [0.15, 0.2) is 17.1 Å². The molecule has 1 aliphatic carbocycles. The fourth-order valence-electron chi connectivity index (χ4n) is 6.08. The topological polar surface area (TPSA) is 119 Å². The van der Waals surface area contributed by atoms with Crippen molar-refractivity contribution in [2.45, 2.75) is 108 Å². The summed E-state index contributed by atoms with van der Waals surface area (Å²) in [7, 11) is 0.0561. The molecular formula is C31H45F4N5O5Si. The van der Waals surface area contributed by atoms with Gasteiger partial charge in [0.2, 0.25) is 11.8 Å². The highest BCUT2D eigenvalue weighted by molar-refractivity contribution is 6.76. The average Bonchev–Trinajstić information content (AvgIpc) is 3.39. The van der Waals surface area contributed by atoms with Crippen LogP contribution in [0, 0.1) is 11.7 Å². The SMILES string of the molecule is COc1cc(-c2cc(C(=O)N3CCC(C(=O)NC4CCC(O)(C(F)(F)F)CC4)CC3(C)C)nn2COCC[Si](C)(C)C)c(F)cn1. The molecule has 0 radical (unpaired) electrons. The zero-order valence-electron chi connectivity index (χ0n) is 27.3. The minimum absolute atomic E-state index is 0.00431. The Morgan fingerprint density at radius 1 is 1.15 bits per heavy atom. The van der Waals surface area contributed by atoms with Crippen molar-refractivity contribution in [3.05, 3.63) is 29.8 Å². The standard InChI is InChI=1S/C31H45F4N5O5Si/c1-29(2)17-20(27(41)37-21-7-10-30(43,11-8-21)31(33,34)35)9-12-39(29)28(42)24-16-25(22-15-26(44-3)36-18-23(22)32)40(38-24)19-45-13-14-46(4,5)6/h15-16,18,20-21,43H,7-14,17,19H2,1-6H3,(H,37,41). The lowest BCUT2D eigenvalue weighted by Crippen LogP contribution is -2.56. The molecule has 2 aromatic rings. The van der Waals surface area contributed by atoms with E-state index < -0.39 is 56.0 Å². The molecule has 2 amide bonds. The van der Waals surface area contributed by atoms with Crippen LogP contribution in [0.1, 0.15) is 62.9 Å². The summed E-state index contributed by atoms with van der Waals surface area (Å²) in [4.78, 5) is 32.6. The summed E-state index contributed by atoms with van der Waals surface area (Å²) in [5, 5.41) is 17.3. The number of carbonyl (C=O) groups is 2. The summed E-state index contributed by atoms with van der Waals surface area (Å²) in [5.41, 5.74) is -2.91. The van der Waals surface area contributed by atoms with E-state index in [0.29, 0.717) is 25.1 Å². The molecule has 3 heterocycles. The van der Waals surface area contributed by atoms with E-state index in [-0.39, 0.29) is 55.1 Å². The number of aromatic nitrogens is 3. The third-order valence-corrected chi connectivity index (χ3v) is 10.7. The monoisotopic (exact) mass is 671 g/mol. The Bertz CT molecular complexity index is 1400. The highest BCUT2D eigenvalue weighted by Gasteiger charge is 2.55. The van der Waals surface area contributed by atoms with Gasteiger partial charge >= 0.3 is 6.18 Å². The summed E-state index contributed by atoms with van der Waals surface area (Å²) in [6, 6.07) is 3.41. The van der Waals surface area contributed by atoms with Gasteiger partial charge in [-0.05, 0) is 64.5 Å². The van der Waals surface area contributed by atoms with Crippen LogP contribution in [0.4, 0.5) is 17.6 Å². The van der Waals surface area contributed by atoms with Gasteiger partial charge in [0.05, 0.1) is 19.0 Å². The predicted molar refractivity (Wildman–Crippen MR) is 165 cm³/mol. The molecule has 2 aliphatic rings. The third-order valence-electron chi connectivity index (χ3n) is 9.00. The molecule has 256 valence electrons. The highest BCUT2D eigenvalue weighted by Crippen LogP contribution is 2.42. The molecule has 1 unspecified atom stereocenters. The summed E-state index contributed by atoms with van der Waals surface area (Å²) in [6.07, 6.45) is -3.86. The molecule has 1 atom stereocenters. The molecule has 2 fully saturated rings. The number of nitrogens with zero attached hydrogens (tertiary/aromatic N) is 4. The molecule has 0 bridgehead atoms. The summed E-state index contributed by atoms with van der Waals surface area (Å²) < 4.78 is 67.1. The zero-order chi connectivity index (χ0) is 34.1. The van der Waals surface area contributed by atoms with Gasteiger partial charge in [-0.3, -0.25) is 9.59 Å². The summed E-state index contributed by atoms with van der Waals surface area (Å²) in [5.74, 6) is -1.52. The number of amides is 2. The smallest absolute Gasteiger partial charge is 0.417 e. The first-order chi connectivity index (χ1) is 21.3. The van der Waals surface area contributed by atoms with E-state index in [0.717, 1.165) is 12.2 Å². The molecule has 0 aromatic carbocycles. The van der Waals surface area contributed by atoms with Crippen LogP contribution in [0.15, 0.2) is 18.3 Å². The van der Waals surface area contributed by atoms with E-state index >= 15 is 0 Å². The molecule has 10 nitrogen and oxygen atoms in total. The Morgan fingerprint density at radius 3 is 2.41 bits per heavy atom. The number of rotatable bonds is 10. The number of likely N-dealkylation sites (tertiary alicyclic amines) is 1. The fraction of sp³-hybridized carbons (Fsp3) is 0.677. The van der Waals surface area contributed by atoms with Gasteiger partial charge in [-0.15, -0.1) is 0 Å². The Hall–Kier alpha value is -3.04. The first-order valence-corrected chi connectivity index (χ1v) is 19.3. The van der Waals surface area contributed by atoms with E-state index in [1.54, 1.807) is 4.90 Å². The lowest BCUT2D eigenvalue weighted by molar-refractivity contribution is -0.270. The van der Waals surface area contributed by atoms with Crippen molar-refractivity contribution in [1.82, 2.24) is 25.0 Å². The van der Waals surface area contributed by atoms with Crippen LogP contribution in [-0.4, -0.2) is 88.3 Å². The Labute approximate surface area is 267 Å². The molecular weight excluding hydrogens is 626 g/mol. The van der Waals surface area contributed by atoms with Crippen molar-refractivity contribution in [2.24, 2.45) is 5.92 Å². The molecule has 2 aromatic heterocycles. The molecule has 0 spiro atoms. The Balaban J connectivity index is 1.47. The van der Waals surface area contributed by atoms with Crippen LogP contribution in [-0.2, 0) is 16.3 Å². The van der Waals surface area contributed by atoms with Crippen molar-refractivity contribution in [1.29, 1.82) is 0 Å². The first kappa shape index (κ1) is 35.8. The van der Waals surface area contributed by atoms with Crippen molar-refractivity contribution in [3.8, 4) is 17.1 Å². The molecule has 2 N–H and O–H groups in total. The van der Waals surface area contributed by atoms with Crippen LogP contribution in [0.25, 0.3) is 11.3 Å². The van der Waals surface area contributed by atoms with Crippen LogP contribution in [0.5, 0.6) is 5.88 Å². The number of alkyl halides is 3. The van der Waals surface area contributed by atoms with Crippen LogP contribution in [0.2, 0.25) is 25.7 Å². The van der Waals surface area contributed by atoms with Crippen molar-refractivity contribution in [2.75, 3.05) is 20.3 Å². The molecule has 1 saturated heterocycles. The Morgan fingerprint density at radius 2 is 1.83 bits per heavy atom. The van der Waals surface area contributed by atoms with Gasteiger partial charge in [0.1, 0.15) is 6.73 Å². The van der Waals surface area contributed by atoms with Gasteiger partial charge in [0.25, 0.3) is 5.91 Å². The quantitative estimate of drug-likeness (QED) is 0.198. The van der Waals surface area contributed by atoms with Gasteiger partial charge in [0, 0.05) is 50.4 Å². The van der Waals surface area contributed by atoms with Gasteiger partial charge < -0.3 is 24.8 Å². The van der Waals surface area contributed by atoms with E-state index in [1.165, 1.54) is 23.9 Å². The van der Waals surface area contributed by atoms with Crippen LogP contribution in [0.3, 0.4) is 0 Å². The van der Waals surface area contributed by atoms with Gasteiger partial charge in [-0.25, -0.2) is 14.1 Å². The number of hydrogen-bond acceptors (Lipinski definition) is 7. The maximum absolute atomic E-state index is 15.0. The Kier molecular flexibility index (Phi) is 10.6. The third kappa shape index (κ3) is 8.26. The summed E-state index contributed by atoms with van der Waals surface area (Å²) >= 11 is 0. The second-order valence-electron chi connectivity index (χ2n) is 14.2. The highest BCUT2D eigenvalue weighted by atomic mass is 28.3. The van der Waals surface area contributed by atoms with E-state index in [1.807, 2.05) is 13.8 Å². The number of nitrogens with one attached hydrogen (secondary N) is 1. The average molecular weight is 672 g/mol. The van der Waals surface area contributed by atoms with Crippen LogP contribution < -0.4 is 10.1 Å². The van der Waals surface area contributed by atoms with Crippen LogP contribution >= 0.6 is 0 Å². The van der Waals surface area contributed by atoms with Crippen molar-refractivity contribution in [3.63, 3.8) is 0 Å². The first-order valence-electron chi connectivity index (χ1n) is 15.6. The van der Waals surface area contributed by atoms with E-state index in [9.17, 15) is 32.3 Å². The molecule has 1 saturated carbocycles. The maximum Gasteiger partial charge on any atom is 0.417 e. The fourth-order valence-corrected chi connectivity index (χ4v) is 6.83. The van der Waals surface area contributed by atoms with Crippen molar-refractivity contribution < 1.29 is 41.7 Å². The number of piperidine rings is 1. The lowest BCUT2D eigenvalue weighted by Gasteiger charge is -2.45. The van der Waals surface area contributed by atoms with Gasteiger partial charge in [-0.2, -0.15) is 18.3 Å². The van der Waals surface area contributed by atoms with Gasteiger partial charge in [-0.1, -0.05) is 19.6 Å². The van der Waals surface area contributed by atoms with E-state index in [2.05, 4.69) is 35.0 Å². The number of aliphatic hydroxyl groups is 1. The second-order valence-corrected chi connectivity index (χ2v) is 19.9. The minimum atomic E-state index is -4.71. The van der Waals surface area contributed by atoms with E-state index in [4.69, 9.17) is 9.47 Å². The zero-order valence-corrected chi connectivity index (χ0v) is 28.3. The summed E-state index contributed by atoms with van der Waals surface area (Å²) in [6.45, 7) is 11.1. The number of carbonyl (C=O) groups excluding carboxylic acids is 2. The van der Waals surface area contributed by atoms with Crippen molar-refractivity contribution >= 4 is 19.9 Å². The lowest BCUT2D eigenvalue weighted by atomic mass is 9.80. The number of halogens is 4. The molecule has 4 rings (SSSR count). The number of hydrogen-bond donors (Lipinski definition) is 2.